The number of rotatable bonds is 3. The fraction of sp³-hybridized carbons (Fsp3) is 0.357. The number of benzene rings is 1. The summed E-state index contributed by atoms with van der Waals surface area (Å²) < 4.78 is 5.25. The maximum absolute atomic E-state index is 5.88. The van der Waals surface area contributed by atoms with Gasteiger partial charge in [0.05, 0.1) is 12.6 Å². The third-order valence-corrected chi connectivity index (χ3v) is 2.77. The van der Waals surface area contributed by atoms with Gasteiger partial charge in [-0.25, -0.2) is 0 Å². The normalized spacial score (nSPS) is 12.7. The van der Waals surface area contributed by atoms with E-state index in [9.17, 15) is 0 Å². The molecule has 3 heteroatoms. The van der Waals surface area contributed by atoms with Gasteiger partial charge in [-0.1, -0.05) is 0 Å². The van der Waals surface area contributed by atoms with Crippen molar-refractivity contribution in [3.63, 3.8) is 0 Å². The highest BCUT2D eigenvalue weighted by atomic mass is 16.5. The van der Waals surface area contributed by atoms with Gasteiger partial charge in [-0.3, -0.25) is 4.98 Å². The van der Waals surface area contributed by atoms with E-state index in [1.807, 2.05) is 32.0 Å². The minimum atomic E-state index is 0.145. The van der Waals surface area contributed by atoms with Crippen molar-refractivity contribution < 1.29 is 4.74 Å². The summed E-state index contributed by atoms with van der Waals surface area (Å²) in [4.78, 5) is 4.52. The molecule has 1 aromatic heterocycles. The van der Waals surface area contributed by atoms with E-state index in [-0.39, 0.29) is 6.04 Å². The standard InChI is InChI=1S/C14H18N2O/c1-9(15)6-11-7-10(2)16-14-5-4-12(17-3)8-13(11)14/h4-5,7-9H,6,15H2,1-3H3. The summed E-state index contributed by atoms with van der Waals surface area (Å²) in [6.07, 6.45) is 0.854. The van der Waals surface area contributed by atoms with Crippen molar-refractivity contribution in [2.24, 2.45) is 5.73 Å². The molecule has 0 aliphatic heterocycles. The predicted molar refractivity (Wildman–Crippen MR) is 70.4 cm³/mol. The summed E-state index contributed by atoms with van der Waals surface area (Å²) in [6.45, 7) is 4.02. The van der Waals surface area contributed by atoms with Crippen LogP contribution in [0, 0.1) is 6.92 Å². The second-order valence-electron chi connectivity index (χ2n) is 4.49. The quantitative estimate of drug-likeness (QED) is 0.881. The Balaban J connectivity index is 2.61. The molecule has 0 amide bonds. The van der Waals surface area contributed by atoms with Crippen LogP contribution in [-0.2, 0) is 6.42 Å². The Labute approximate surface area is 102 Å². The van der Waals surface area contributed by atoms with E-state index in [1.54, 1.807) is 7.11 Å². The van der Waals surface area contributed by atoms with Crippen molar-refractivity contribution in [2.45, 2.75) is 26.3 Å². The van der Waals surface area contributed by atoms with Gasteiger partial charge in [0.2, 0.25) is 0 Å². The molecule has 0 spiro atoms. The highest BCUT2D eigenvalue weighted by Crippen LogP contribution is 2.24. The lowest BCUT2D eigenvalue weighted by Crippen LogP contribution is -2.18. The first-order chi connectivity index (χ1) is 8.10. The molecule has 0 saturated carbocycles. The smallest absolute Gasteiger partial charge is 0.119 e. The molecule has 0 radical (unpaired) electrons. The third kappa shape index (κ3) is 2.56. The van der Waals surface area contributed by atoms with Crippen molar-refractivity contribution in [3.8, 4) is 5.75 Å². The van der Waals surface area contributed by atoms with E-state index >= 15 is 0 Å². The Hall–Kier alpha value is -1.61. The van der Waals surface area contributed by atoms with Crippen LogP contribution in [0.3, 0.4) is 0 Å². The molecular formula is C14H18N2O. The summed E-state index contributed by atoms with van der Waals surface area (Å²) in [5.41, 5.74) is 9.15. The Morgan fingerprint density at radius 3 is 2.76 bits per heavy atom. The monoisotopic (exact) mass is 230 g/mol. The first kappa shape index (κ1) is 11.9. The van der Waals surface area contributed by atoms with E-state index in [4.69, 9.17) is 10.5 Å². The lowest BCUT2D eigenvalue weighted by molar-refractivity contribution is 0.415. The lowest BCUT2D eigenvalue weighted by atomic mass is 10.0. The molecule has 2 rings (SSSR count). The number of hydrogen-bond acceptors (Lipinski definition) is 3. The van der Waals surface area contributed by atoms with Crippen molar-refractivity contribution in [2.75, 3.05) is 7.11 Å². The van der Waals surface area contributed by atoms with Gasteiger partial charge < -0.3 is 10.5 Å². The fourth-order valence-electron chi connectivity index (χ4n) is 2.06. The van der Waals surface area contributed by atoms with Gasteiger partial charge in [0.25, 0.3) is 0 Å². The molecule has 0 fully saturated rings. The summed E-state index contributed by atoms with van der Waals surface area (Å²) in [5.74, 6) is 0.856. The largest absolute Gasteiger partial charge is 0.497 e. The summed E-state index contributed by atoms with van der Waals surface area (Å²) in [6, 6.07) is 8.20. The zero-order valence-electron chi connectivity index (χ0n) is 10.5. The number of methoxy groups -OCH3 is 1. The van der Waals surface area contributed by atoms with Crippen LogP contribution < -0.4 is 10.5 Å². The van der Waals surface area contributed by atoms with Crippen LogP contribution >= 0.6 is 0 Å². The molecular weight excluding hydrogens is 212 g/mol. The van der Waals surface area contributed by atoms with Gasteiger partial charge in [0, 0.05) is 17.1 Å². The molecule has 2 N–H and O–H groups in total. The Morgan fingerprint density at radius 1 is 1.35 bits per heavy atom. The average molecular weight is 230 g/mol. The minimum Gasteiger partial charge on any atom is -0.497 e. The summed E-state index contributed by atoms with van der Waals surface area (Å²) >= 11 is 0. The first-order valence-electron chi connectivity index (χ1n) is 5.80. The van der Waals surface area contributed by atoms with Crippen LogP contribution in [0.25, 0.3) is 10.9 Å². The number of aromatic nitrogens is 1. The van der Waals surface area contributed by atoms with Gasteiger partial charge in [-0.2, -0.15) is 0 Å². The van der Waals surface area contributed by atoms with Gasteiger partial charge in [0.15, 0.2) is 0 Å². The highest BCUT2D eigenvalue weighted by molar-refractivity contribution is 5.84. The molecule has 1 heterocycles. The van der Waals surface area contributed by atoms with E-state index in [0.29, 0.717) is 0 Å². The summed E-state index contributed by atoms with van der Waals surface area (Å²) in [7, 11) is 1.67. The topological polar surface area (TPSA) is 48.1 Å². The molecule has 0 aliphatic carbocycles. The number of ether oxygens (including phenoxy) is 1. The molecule has 17 heavy (non-hydrogen) atoms. The number of fused-ring (bicyclic) bond motifs is 1. The van der Waals surface area contributed by atoms with Gasteiger partial charge >= 0.3 is 0 Å². The summed E-state index contributed by atoms with van der Waals surface area (Å²) in [5, 5.41) is 1.13. The zero-order chi connectivity index (χ0) is 12.4. The number of aryl methyl sites for hydroxylation is 1. The number of hydrogen-bond donors (Lipinski definition) is 1. The third-order valence-electron chi connectivity index (χ3n) is 2.77. The SMILES string of the molecule is COc1ccc2nc(C)cc(CC(C)N)c2c1. The molecule has 0 aliphatic rings. The highest BCUT2D eigenvalue weighted by Gasteiger charge is 2.07. The average Bonchev–Trinajstić information content (AvgIpc) is 2.27. The van der Waals surface area contributed by atoms with Crippen LogP contribution in [-0.4, -0.2) is 18.1 Å². The second-order valence-corrected chi connectivity index (χ2v) is 4.49. The number of nitrogens with two attached hydrogens (primary N) is 1. The molecule has 0 bridgehead atoms. The van der Waals surface area contributed by atoms with Crippen LogP contribution in [0.2, 0.25) is 0 Å². The molecule has 0 saturated heterocycles. The van der Waals surface area contributed by atoms with Crippen LogP contribution in [0.15, 0.2) is 24.3 Å². The molecule has 90 valence electrons. The van der Waals surface area contributed by atoms with Crippen molar-refractivity contribution >= 4 is 10.9 Å². The van der Waals surface area contributed by atoms with Crippen LogP contribution in [0.1, 0.15) is 18.2 Å². The van der Waals surface area contributed by atoms with Crippen molar-refractivity contribution in [3.05, 3.63) is 35.5 Å². The van der Waals surface area contributed by atoms with Crippen LogP contribution in [0.5, 0.6) is 5.75 Å². The Bertz CT molecular complexity index is 535. The molecule has 1 unspecified atom stereocenters. The van der Waals surface area contributed by atoms with E-state index < -0.39 is 0 Å². The maximum atomic E-state index is 5.88. The maximum Gasteiger partial charge on any atom is 0.119 e. The fourth-order valence-corrected chi connectivity index (χ4v) is 2.06. The Morgan fingerprint density at radius 2 is 2.12 bits per heavy atom. The lowest BCUT2D eigenvalue weighted by Gasteiger charge is -2.11. The van der Waals surface area contributed by atoms with Gasteiger partial charge in [-0.05, 0) is 50.1 Å². The van der Waals surface area contributed by atoms with Gasteiger partial charge in [0.1, 0.15) is 5.75 Å². The van der Waals surface area contributed by atoms with Gasteiger partial charge in [-0.15, -0.1) is 0 Å². The Kier molecular flexibility index (Phi) is 3.29. The minimum absolute atomic E-state index is 0.145. The van der Waals surface area contributed by atoms with Crippen molar-refractivity contribution in [1.29, 1.82) is 0 Å². The number of nitrogens with zero attached hydrogens (tertiary/aromatic N) is 1. The zero-order valence-corrected chi connectivity index (χ0v) is 10.5. The molecule has 2 aromatic rings. The molecule has 1 atom stereocenters. The molecule has 3 nitrogen and oxygen atoms in total. The first-order valence-corrected chi connectivity index (χ1v) is 5.80. The predicted octanol–water partition coefficient (Wildman–Crippen LogP) is 2.44. The van der Waals surface area contributed by atoms with Crippen LogP contribution in [0.4, 0.5) is 0 Å². The van der Waals surface area contributed by atoms with Crippen molar-refractivity contribution in [1.82, 2.24) is 4.98 Å². The van der Waals surface area contributed by atoms with E-state index in [2.05, 4.69) is 11.1 Å². The number of pyridine rings is 1. The van der Waals surface area contributed by atoms with E-state index in [0.717, 1.165) is 28.8 Å². The molecule has 1 aromatic carbocycles. The second kappa shape index (κ2) is 4.72. The van der Waals surface area contributed by atoms with E-state index in [1.165, 1.54) is 5.56 Å².